The highest BCUT2D eigenvalue weighted by molar-refractivity contribution is 6.30. The topological polar surface area (TPSA) is 20.2 Å². The molecular formula is C16H17ClO. The SMILES string of the molecule is CCC(O)(Cc1ccccc1)c1ccc(Cl)cc1. The van der Waals surface area contributed by atoms with E-state index in [4.69, 9.17) is 11.6 Å². The van der Waals surface area contributed by atoms with Gasteiger partial charge in [0.2, 0.25) is 0 Å². The molecule has 2 heteroatoms. The van der Waals surface area contributed by atoms with Gasteiger partial charge in [0.1, 0.15) is 0 Å². The van der Waals surface area contributed by atoms with E-state index in [9.17, 15) is 5.11 Å². The zero-order chi connectivity index (χ0) is 13.0. The first-order valence-corrected chi connectivity index (χ1v) is 6.54. The van der Waals surface area contributed by atoms with Crippen molar-refractivity contribution in [3.63, 3.8) is 0 Å². The zero-order valence-corrected chi connectivity index (χ0v) is 11.2. The molecule has 2 aromatic carbocycles. The van der Waals surface area contributed by atoms with Crippen LogP contribution in [0.4, 0.5) is 0 Å². The summed E-state index contributed by atoms with van der Waals surface area (Å²) in [7, 11) is 0. The van der Waals surface area contributed by atoms with Gasteiger partial charge in [0.05, 0.1) is 5.60 Å². The molecule has 0 spiro atoms. The van der Waals surface area contributed by atoms with E-state index in [1.165, 1.54) is 0 Å². The Balaban J connectivity index is 2.28. The molecule has 0 bridgehead atoms. The third kappa shape index (κ3) is 2.92. The molecule has 0 saturated heterocycles. The molecule has 94 valence electrons. The van der Waals surface area contributed by atoms with E-state index in [0.717, 1.165) is 11.1 Å². The molecule has 0 fully saturated rings. The van der Waals surface area contributed by atoms with E-state index in [1.807, 2.05) is 61.5 Å². The van der Waals surface area contributed by atoms with Crippen molar-refractivity contribution < 1.29 is 5.11 Å². The van der Waals surface area contributed by atoms with Crippen LogP contribution < -0.4 is 0 Å². The third-order valence-corrected chi connectivity index (χ3v) is 3.56. The summed E-state index contributed by atoms with van der Waals surface area (Å²) < 4.78 is 0. The van der Waals surface area contributed by atoms with Crippen molar-refractivity contribution in [2.24, 2.45) is 0 Å². The second kappa shape index (κ2) is 5.55. The van der Waals surface area contributed by atoms with E-state index < -0.39 is 5.60 Å². The first-order chi connectivity index (χ1) is 8.64. The van der Waals surface area contributed by atoms with Gasteiger partial charge >= 0.3 is 0 Å². The van der Waals surface area contributed by atoms with E-state index in [2.05, 4.69) is 0 Å². The summed E-state index contributed by atoms with van der Waals surface area (Å²) in [6.07, 6.45) is 1.29. The van der Waals surface area contributed by atoms with Gasteiger partial charge < -0.3 is 5.11 Å². The summed E-state index contributed by atoms with van der Waals surface area (Å²) in [6.45, 7) is 2.00. The van der Waals surface area contributed by atoms with Gasteiger partial charge in [-0.2, -0.15) is 0 Å². The fourth-order valence-corrected chi connectivity index (χ4v) is 2.25. The smallest absolute Gasteiger partial charge is 0.0934 e. The largest absolute Gasteiger partial charge is 0.385 e. The molecule has 0 heterocycles. The summed E-state index contributed by atoms with van der Waals surface area (Å²) in [5.41, 5.74) is 1.22. The molecule has 18 heavy (non-hydrogen) atoms. The number of aliphatic hydroxyl groups is 1. The van der Waals surface area contributed by atoms with Crippen LogP contribution >= 0.6 is 11.6 Å². The van der Waals surface area contributed by atoms with Crippen molar-refractivity contribution in [2.75, 3.05) is 0 Å². The lowest BCUT2D eigenvalue weighted by Crippen LogP contribution is -2.27. The molecule has 0 saturated carbocycles. The van der Waals surface area contributed by atoms with Crippen LogP contribution in [-0.2, 0) is 12.0 Å². The maximum atomic E-state index is 10.8. The van der Waals surface area contributed by atoms with Crippen LogP contribution in [0.15, 0.2) is 54.6 Å². The van der Waals surface area contributed by atoms with Gasteiger partial charge in [0, 0.05) is 11.4 Å². The van der Waals surface area contributed by atoms with E-state index in [-0.39, 0.29) is 0 Å². The van der Waals surface area contributed by atoms with Crippen LogP contribution in [0.2, 0.25) is 5.02 Å². The summed E-state index contributed by atoms with van der Waals surface area (Å²) in [5.74, 6) is 0. The fourth-order valence-electron chi connectivity index (χ4n) is 2.12. The molecular weight excluding hydrogens is 244 g/mol. The lowest BCUT2D eigenvalue weighted by atomic mass is 9.85. The molecule has 0 amide bonds. The Morgan fingerprint density at radius 1 is 1.00 bits per heavy atom. The summed E-state index contributed by atoms with van der Waals surface area (Å²) >= 11 is 5.88. The standard InChI is InChI=1S/C16H17ClO/c1-2-16(18,12-13-6-4-3-5-7-13)14-8-10-15(17)11-9-14/h3-11,18H,2,12H2,1H3. The van der Waals surface area contributed by atoms with Crippen LogP contribution in [-0.4, -0.2) is 5.11 Å². The zero-order valence-electron chi connectivity index (χ0n) is 10.4. The van der Waals surface area contributed by atoms with Crippen LogP contribution in [0.3, 0.4) is 0 Å². The van der Waals surface area contributed by atoms with Gasteiger partial charge in [-0.3, -0.25) is 0 Å². The number of rotatable bonds is 4. The van der Waals surface area contributed by atoms with Gasteiger partial charge in [-0.15, -0.1) is 0 Å². The number of hydrogen-bond acceptors (Lipinski definition) is 1. The maximum absolute atomic E-state index is 10.8. The Hall–Kier alpha value is -1.31. The summed E-state index contributed by atoms with van der Waals surface area (Å²) in [4.78, 5) is 0. The molecule has 1 atom stereocenters. The van der Waals surface area contributed by atoms with Crippen LogP contribution in [0.5, 0.6) is 0 Å². The Morgan fingerprint density at radius 2 is 1.61 bits per heavy atom. The average molecular weight is 261 g/mol. The fraction of sp³-hybridized carbons (Fsp3) is 0.250. The van der Waals surface area contributed by atoms with Crippen molar-refractivity contribution in [3.8, 4) is 0 Å². The molecule has 1 unspecified atom stereocenters. The summed E-state index contributed by atoms with van der Waals surface area (Å²) in [6, 6.07) is 17.5. The second-order valence-corrected chi connectivity index (χ2v) is 4.99. The molecule has 0 aromatic heterocycles. The highest BCUT2D eigenvalue weighted by Gasteiger charge is 2.27. The third-order valence-electron chi connectivity index (χ3n) is 3.31. The Labute approximate surface area is 113 Å². The first-order valence-electron chi connectivity index (χ1n) is 6.16. The number of hydrogen-bond donors (Lipinski definition) is 1. The van der Waals surface area contributed by atoms with Gasteiger partial charge in [-0.1, -0.05) is 61.0 Å². The molecule has 1 N–H and O–H groups in total. The lowest BCUT2D eigenvalue weighted by Gasteiger charge is -2.27. The first kappa shape index (κ1) is 13.1. The minimum Gasteiger partial charge on any atom is -0.385 e. The molecule has 0 radical (unpaired) electrons. The summed E-state index contributed by atoms with van der Waals surface area (Å²) in [5, 5.41) is 11.5. The van der Waals surface area contributed by atoms with E-state index >= 15 is 0 Å². The quantitative estimate of drug-likeness (QED) is 0.874. The van der Waals surface area contributed by atoms with Gasteiger partial charge in [-0.05, 0) is 29.7 Å². The number of halogens is 1. The van der Waals surface area contributed by atoms with Crippen LogP contribution in [0, 0.1) is 0 Å². The predicted octanol–water partition coefficient (Wildman–Crippen LogP) is 4.18. The van der Waals surface area contributed by atoms with E-state index in [1.54, 1.807) is 0 Å². The van der Waals surface area contributed by atoms with E-state index in [0.29, 0.717) is 17.9 Å². The van der Waals surface area contributed by atoms with Crippen molar-refractivity contribution in [1.82, 2.24) is 0 Å². The highest BCUT2D eigenvalue weighted by Crippen LogP contribution is 2.29. The second-order valence-electron chi connectivity index (χ2n) is 4.55. The minimum absolute atomic E-state index is 0.617. The normalized spacial score (nSPS) is 14.2. The van der Waals surface area contributed by atoms with Crippen molar-refractivity contribution >= 4 is 11.6 Å². The van der Waals surface area contributed by atoms with Gasteiger partial charge in [0.25, 0.3) is 0 Å². The van der Waals surface area contributed by atoms with Crippen molar-refractivity contribution in [3.05, 3.63) is 70.7 Å². The Kier molecular flexibility index (Phi) is 4.05. The van der Waals surface area contributed by atoms with Crippen molar-refractivity contribution in [1.29, 1.82) is 0 Å². The molecule has 2 aromatic rings. The lowest BCUT2D eigenvalue weighted by molar-refractivity contribution is 0.0327. The van der Waals surface area contributed by atoms with Gasteiger partial charge in [0.15, 0.2) is 0 Å². The molecule has 2 rings (SSSR count). The maximum Gasteiger partial charge on any atom is 0.0934 e. The predicted molar refractivity (Wildman–Crippen MR) is 75.8 cm³/mol. The molecule has 0 aliphatic rings. The Bertz CT molecular complexity index is 492. The van der Waals surface area contributed by atoms with Crippen LogP contribution in [0.1, 0.15) is 24.5 Å². The average Bonchev–Trinajstić information content (AvgIpc) is 2.40. The van der Waals surface area contributed by atoms with Gasteiger partial charge in [-0.25, -0.2) is 0 Å². The molecule has 1 nitrogen and oxygen atoms in total. The molecule has 0 aliphatic heterocycles. The number of benzene rings is 2. The minimum atomic E-state index is -0.827. The highest BCUT2D eigenvalue weighted by atomic mass is 35.5. The van der Waals surface area contributed by atoms with Crippen molar-refractivity contribution in [2.45, 2.75) is 25.4 Å². The van der Waals surface area contributed by atoms with Crippen LogP contribution in [0.25, 0.3) is 0 Å². The Morgan fingerprint density at radius 3 is 2.17 bits per heavy atom. The molecule has 0 aliphatic carbocycles. The monoisotopic (exact) mass is 260 g/mol.